The molecule has 202 valence electrons. The number of carbonyl (C=O) groups is 1. The third-order valence-electron chi connectivity index (χ3n) is 8.14. The van der Waals surface area contributed by atoms with E-state index in [-0.39, 0.29) is 40.6 Å². The number of ether oxygens (including phenoxy) is 1. The van der Waals surface area contributed by atoms with Crippen molar-refractivity contribution in [2.45, 2.75) is 63.3 Å². The van der Waals surface area contributed by atoms with Gasteiger partial charge in [0.25, 0.3) is 5.88 Å². The monoisotopic (exact) mass is 540 g/mol. The zero-order valence-electron chi connectivity index (χ0n) is 22.5. The zero-order valence-corrected chi connectivity index (χ0v) is 23.3. The molecule has 0 aliphatic carbocycles. The first-order chi connectivity index (χ1) is 17.8. The van der Waals surface area contributed by atoms with Gasteiger partial charge in [-0.05, 0) is 27.2 Å². The lowest BCUT2D eigenvalue weighted by Crippen LogP contribution is -2.66. The van der Waals surface area contributed by atoms with Crippen molar-refractivity contribution in [1.82, 2.24) is 25.1 Å². The molecule has 2 aromatic rings. The molecular formula is C25H32N8O4S. The number of hydrogen-bond acceptors (Lipinski definition) is 11. The molecule has 0 bridgehead atoms. The van der Waals surface area contributed by atoms with E-state index < -0.39 is 14.6 Å². The number of fused-ring (bicyclic) bond motifs is 1. The van der Waals surface area contributed by atoms with Gasteiger partial charge in [-0.15, -0.1) is 10.2 Å². The van der Waals surface area contributed by atoms with Crippen molar-refractivity contribution in [1.29, 1.82) is 5.26 Å². The number of carbonyl (C=O) groups excluding carboxylic acids is 1. The molecule has 2 fully saturated rings. The van der Waals surface area contributed by atoms with Gasteiger partial charge in [-0.3, -0.25) is 4.79 Å². The van der Waals surface area contributed by atoms with Crippen LogP contribution in [-0.2, 0) is 20.0 Å². The third-order valence-corrected chi connectivity index (χ3v) is 10.6. The standard InChI is InChI=1S/C25H32N8O4S/c1-15-12-32(23(34)25(5)7-8-38(25,35)36)16(2)11-31(15)20-19-21(28-14-27-20)33(13-24(19,3)4)18-9-17(10-26)22(37-6)30-29-18/h9,14-16H,7-8,11-13H2,1-6H3/t15-,16+,25+/m0/s1. The van der Waals surface area contributed by atoms with E-state index in [2.05, 4.69) is 40.0 Å². The van der Waals surface area contributed by atoms with Crippen LogP contribution in [0.1, 0.15) is 52.2 Å². The number of piperazine rings is 1. The average Bonchev–Trinajstić information content (AvgIpc) is 3.18. The largest absolute Gasteiger partial charge is 0.479 e. The Morgan fingerprint density at radius 2 is 1.84 bits per heavy atom. The van der Waals surface area contributed by atoms with Crippen molar-refractivity contribution >= 4 is 33.2 Å². The molecule has 2 saturated heterocycles. The lowest BCUT2D eigenvalue weighted by Gasteiger charge is -2.49. The summed E-state index contributed by atoms with van der Waals surface area (Å²) in [6.07, 6.45) is 1.88. The lowest BCUT2D eigenvalue weighted by molar-refractivity contribution is -0.137. The zero-order chi connectivity index (χ0) is 27.6. The molecule has 3 aliphatic heterocycles. The molecule has 0 unspecified atom stereocenters. The Bertz CT molecular complexity index is 1460. The quantitative estimate of drug-likeness (QED) is 0.557. The topological polar surface area (TPSA) is 146 Å². The summed E-state index contributed by atoms with van der Waals surface area (Å²) in [4.78, 5) is 28.5. The van der Waals surface area contributed by atoms with Crippen molar-refractivity contribution in [3.05, 3.63) is 23.5 Å². The van der Waals surface area contributed by atoms with Gasteiger partial charge in [-0.2, -0.15) is 5.26 Å². The summed E-state index contributed by atoms with van der Waals surface area (Å²) in [7, 11) is -1.97. The molecular weight excluding hydrogens is 508 g/mol. The first kappa shape index (κ1) is 26.1. The fourth-order valence-corrected chi connectivity index (χ4v) is 7.22. The van der Waals surface area contributed by atoms with Crippen LogP contribution in [-0.4, -0.2) is 88.7 Å². The van der Waals surface area contributed by atoms with Gasteiger partial charge < -0.3 is 19.4 Å². The van der Waals surface area contributed by atoms with Crippen molar-refractivity contribution < 1.29 is 17.9 Å². The molecule has 3 aliphatic rings. The summed E-state index contributed by atoms with van der Waals surface area (Å²) in [5.41, 5.74) is 0.871. The minimum atomic E-state index is -3.41. The maximum Gasteiger partial charge on any atom is 0.251 e. The normalized spacial score (nSPS) is 27.3. The van der Waals surface area contributed by atoms with Gasteiger partial charge in [-0.1, -0.05) is 13.8 Å². The van der Waals surface area contributed by atoms with Crippen molar-refractivity contribution in [2.24, 2.45) is 0 Å². The van der Waals surface area contributed by atoms with E-state index in [1.165, 1.54) is 13.4 Å². The highest BCUT2D eigenvalue weighted by atomic mass is 32.2. The van der Waals surface area contributed by atoms with Crippen molar-refractivity contribution in [2.75, 3.05) is 42.3 Å². The van der Waals surface area contributed by atoms with Crippen molar-refractivity contribution in [3.63, 3.8) is 0 Å². The number of rotatable bonds is 4. The molecule has 0 aromatic carbocycles. The number of amides is 1. The summed E-state index contributed by atoms with van der Waals surface area (Å²) in [5.74, 6) is 1.87. The van der Waals surface area contributed by atoms with Crippen LogP contribution in [0.3, 0.4) is 0 Å². The predicted octanol–water partition coefficient (Wildman–Crippen LogP) is 1.58. The summed E-state index contributed by atoms with van der Waals surface area (Å²) in [6, 6.07) is 3.44. The number of sulfone groups is 1. The Hall–Kier alpha value is -3.53. The van der Waals surface area contributed by atoms with Crippen molar-refractivity contribution in [3.8, 4) is 11.9 Å². The Morgan fingerprint density at radius 1 is 1.13 bits per heavy atom. The number of nitriles is 1. The molecule has 3 atom stereocenters. The Kier molecular flexibility index (Phi) is 6.01. The van der Waals surface area contributed by atoms with E-state index in [1.807, 2.05) is 18.7 Å². The van der Waals surface area contributed by atoms with Gasteiger partial charge >= 0.3 is 0 Å². The molecule has 5 rings (SSSR count). The molecule has 0 saturated carbocycles. The van der Waals surface area contributed by atoms with Crippen LogP contribution in [0.4, 0.5) is 17.5 Å². The van der Waals surface area contributed by atoms with Crippen LogP contribution < -0.4 is 14.5 Å². The average molecular weight is 541 g/mol. The molecule has 12 nitrogen and oxygen atoms in total. The number of anilines is 3. The van der Waals surface area contributed by atoms with E-state index >= 15 is 0 Å². The van der Waals surface area contributed by atoms with Crippen LogP contribution >= 0.6 is 0 Å². The van der Waals surface area contributed by atoms with E-state index in [0.29, 0.717) is 37.7 Å². The molecule has 0 radical (unpaired) electrons. The van der Waals surface area contributed by atoms with E-state index in [9.17, 15) is 18.5 Å². The Labute approximate surface area is 222 Å². The van der Waals surface area contributed by atoms with E-state index in [1.54, 1.807) is 17.9 Å². The molecule has 2 aromatic heterocycles. The highest BCUT2D eigenvalue weighted by Crippen LogP contribution is 2.47. The number of methoxy groups -OCH3 is 1. The minimum absolute atomic E-state index is 0.0617. The van der Waals surface area contributed by atoms with Gasteiger partial charge in [0.2, 0.25) is 5.91 Å². The first-order valence-electron chi connectivity index (χ1n) is 12.6. The molecule has 38 heavy (non-hydrogen) atoms. The molecule has 1 amide bonds. The van der Waals surface area contributed by atoms with Gasteiger partial charge in [0, 0.05) is 48.8 Å². The summed E-state index contributed by atoms with van der Waals surface area (Å²) in [6.45, 7) is 11.2. The number of hydrogen-bond donors (Lipinski definition) is 0. The Morgan fingerprint density at radius 3 is 2.45 bits per heavy atom. The first-order valence-corrected chi connectivity index (χ1v) is 14.2. The maximum absolute atomic E-state index is 13.4. The van der Waals surface area contributed by atoms with Gasteiger partial charge in [-0.25, -0.2) is 18.4 Å². The predicted molar refractivity (Wildman–Crippen MR) is 140 cm³/mol. The maximum atomic E-state index is 13.4. The van der Waals surface area contributed by atoms with Crippen LogP contribution in [0.5, 0.6) is 5.88 Å². The molecule has 5 heterocycles. The number of aromatic nitrogens is 4. The van der Waals surface area contributed by atoms with E-state index in [4.69, 9.17) is 9.72 Å². The summed E-state index contributed by atoms with van der Waals surface area (Å²) < 4.78 is 28.6. The fourth-order valence-electron chi connectivity index (χ4n) is 5.69. The van der Waals surface area contributed by atoms with Crippen LogP contribution in [0, 0.1) is 11.3 Å². The SMILES string of the molecule is COc1nnc(N2CC(C)(C)c3c2ncnc3N2C[C@@H](C)N(C(=O)[C@@]3(C)CCS3(=O)=O)C[C@@H]2C)cc1C#N. The van der Waals surface area contributed by atoms with Gasteiger partial charge in [0.15, 0.2) is 15.7 Å². The fraction of sp³-hybridized carbons (Fsp3) is 0.600. The smallest absolute Gasteiger partial charge is 0.251 e. The molecule has 0 spiro atoms. The van der Waals surface area contributed by atoms with Gasteiger partial charge in [0.1, 0.15) is 34.3 Å². The number of nitrogens with zero attached hydrogens (tertiary/aromatic N) is 8. The third kappa shape index (κ3) is 3.76. The lowest BCUT2D eigenvalue weighted by atomic mass is 9.87. The van der Waals surface area contributed by atoms with Crippen LogP contribution in [0.15, 0.2) is 12.4 Å². The highest BCUT2D eigenvalue weighted by molar-refractivity contribution is 7.95. The van der Waals surface area contributed by atoms with Crippen LogP contribution in [0.25, 0.3) is 0 Å². The van der Waals surface area contributed by atoms with E-state index in [0.717, 1.165) is 11.4 Å². The second kappa shape index (κ2) is 8.76. The van der Waals surface area contributed by atoms with Crippen LogP contribution in [0.2, 0.25) is 0 Å². The summed E-state index contributed by atoms with van der Waals surface area (Å²) in [5, 5.41) is 17.9. The minimum Gasteiger partial charge on any atom is -0.479 e. The second-order valence-corrected chi connectivity index (χ2v) is 13.7. The molecule has 0 N–H and O–H groups in total. The Balaban J connectivity index is 1.48. The second-order valence-electron chi connectivity index (χ2n) is 11.2. The van der Waals surface area contributed by atoms with Gasteiger partial charge in [0.05, 0.1) is 12.9 Å². The molecule has 13 heteroatoms. The summed E-state index contributed by atoms with van der Waals surface area (Å²) >= 11 is 0. The highest BCUT2D eigenvalue weighted by Gasteiger charge is 2.57.